The molecule has 0 aliphatic carbocycles. The van der Waals surface area contributed by atoms with Gasteiger partial charge in [-0.05, 0) is 43.5 Å². The second-order valence-electron chi connectivity index (χ2n) is 5.82. The van der Waals surface area contributed by atoms with Crippen molar-refractivity contribution < 1.29 is 9.47 Å². The van der Waals surface area contributed by atoms with Crippen LogP contribution >= 0.6 is 0 Å². The SMILES string of the molecule is CCOc1ncccc1OCC1CNCCC1c1ccccc1. The summed E-state index contributed by atoms with van der Waals surface area (Å²) < 4.78 is 11.6. The molecule has 1 saturated heterocycles. The van der Waals surface area contributed by atoms with Gasteiger partial charge in [-0.3, -0.25) is 0 Å². The number of pyridine rings is 1. The maximum absolute atomic E-state index is 6.05. The Labute approximate surface area is 137 Å². The molecule has 1 fully saturated rings. The molecule has 0 amide bonds. The zero-order chi connectivity index (χ0) is 15.9. The van der Waals surface area contributed by atoms with Crippen molar-refractivity contribution in [2.45, 2.75) is 19.3 Å². The van der Waals surface area contributed by atoms with Crippen LogP contribution in [0.3, 0.4) is 0 Å². The summed E-state index contributed by atoms with van der Waals surface area (Å²) in [5, 5.41) is 3.48. The number of ether oxygens (including phenoxy) is 2. The maximum atomic E-state index is 6.05. The predicted molar refractivity (Wildman–Crippen MR) is 91.1 cm³/mol. The quantitative estimate of drug-likeness (QED) is 0.889. The highest BCUT2D eigenvalue weighted by Gasteiger charge is 2.27. The van der Waals surface area contributed by atoms with E-state index >= 15 is 0 Å². The fourth-order valence-corrected chi connectivity index (χ4v) is 3.16. The van der Waals surface area contributed by atoms with Gasteiger partial charge in [-0.2, -0.15) is 0 Å². The van der Waals surface area contributed by atoms with Crippen LogP contribution in [0.2, 0.25) is 0 Å². The first-order chi connectivity index (χ1) is 11.4. The highest BCUT2D eigenvalue weighted by atomic mass is 16.5. The zero-order valence-corrected chi connectivity index (χ0v) is 13.6. The van der Waals surface area contributed by atoms with Crippen molar-refractivity contribution in [2.24, 2.45) is 5.92 Å². The Balaban J connectivity index is 1.68. The van der Waals surface area contributed by atoms with E-state index in [0.29, 0.717) is 30.9 Å². The number of aromatic nitrogens is 1. The van der Waals surface area contributed by atoms with Crippen molar-refractivity contribution >= 4 is 0 Å². The summed E-state index contributed by atoms with van der Waals surface area (Å²) in [4.78, 5) is 4.25. The van der Waals surface area contributed by atoms with Gasteiger partial charge in [-0.15, -0.1) is 0 Å². The molecule has 0 saturated carbocycles. The Morgan fingerprint density at radius 3 is 2.83 bits per heavy atom. The fourth-order valence-electron chi connectivity index (χ4n) is 3.16. The third-order valence-electron chi connectivity index (χ3n) is 4.31. The molecule has 1 aromatic carbocycles. The molecule has 23 heavy (non-hydrogen) atoms. The van der Waals surface area contributed by atoms with Crippen molar-refractivity contribution in [3.8, 4) is 11.6 Å². The van der Waals surface area contributed by atoms with Crippen LogP contribution in [-0.4, -0.2) is 31.3 Å². The molecule has 3 rings (SSSR count). The summed E-state index contributed by atoms with van der Waals surface area (Å²) in [7, 11) is 0. The molecular weight excluding hydrogens is 288 g/mol. The topological polar surface area (TPSA) is 43.4 Å². The van der Waals surface area contributed by atoms with E-state index in [1.165, 1.54) is 5.56 Å². The number of piperidine rings is 1. The van der Waals surface area contributed by atoms with Crippen LogP contribution < -0.4 is 14.8 Å². The second-order valence-corrected chi connectivity index (χ2v) is 5.82. The lowest BCUT2D eigenvalue weighted by atomic mass is 9.81. The molecule has 122 valence electrons. The number of nitrogens with zero attached hydrogens (tertiary/aromatic N) is 1. The smallest absolute Gasteiger partial charge is 0.256 e. The predicted octanol–water partition coefficient (Wildman–Crippen LogP) is 3.25. The van der Waals surface area contributed by atoms with Crippen molar-refractivity contribution in [2.75, 3.05) is 26.3 Å². The average Bonchev–Trinajstić information content (AvgIpc) is 2.62. The van der Waals surface area contributed by atoms with E-state index in [0.717, 1.165) is 25.3 Å². The number of nitrogens with one attached hydrogen (secondary N) is 1. The molecule has 0 bridgehead atoms. The second kappa shape index (κ2) is 7.97. The Bertz CT molecular complexity index is 603. The third-order valence-corrected chi connectivity index (χ3v) is 4.31. The van der Waals surface area contributed by atoms with Gasteiger partial charge >= 0.3 is 0 Å². The Hall–Kier alpha value is -2.07. The van der Waals surface area contributed by atoms with Crippen molar-refractivity contribution in [1.29, 1.82) is 0 Å². The van der Waals surface area contributed by atoms with Crippen LogP contribution in [0.5, 0.6) is 11.6 Å². The molecule has 2 unspecified atom stereocenters. The standard InChI is InChI=1S/C19H24N2O2/c1-2-22-19-18(9-6-11-21-19)23-14-16-13-20-12-10-17(16)15-7-4-3-5-8-15/h3-9,11,16-17,20H,2,10,12-14H2,1H3. The summed E-state index contributed by atoms with van der Waals surface area (Å²) in [5.74, 6) is 2.28. The van der Waals surface area contributed by atoms with Crippen LogP contribution in [0.15, 0.2) is 48.7 Å². The van der Waals surface area contributed by atoms with Gasteiger partial charge in [0.25, 0.3) is 5.88 Å². The molecule has 2 heterocycles. The summed E-state index contributed by atoms with van der Waals surface area (Å²) in [6, 6.07) is 14.5. The van der Waals surface area contributed by atoms with E-state index in [1.807, 2.05) is 19.1 Å². The molecule has 0 radical (unpaired) electrons. The molecule has 0 spiro atoms. The molecule has 4 nitrogen and oxygen atoms in total. The minimum absolute atomic E-state index is 0.445. The molecule has 2 atom stereocenters. The molecule has 1 aromatic heterocycles. The molecule has 1 aliphatic rings. The number of benzene rings is 1. The van der Waals surface area contributed by atoms with Crippen LogP contribution in [0.1, 0.15) is 24.8 Å². The first-order valence-electron chi connectivity index (χ1n) is 8.34. The summed E-state index contributed by atoms with van der Waals surface area (Å²) in [6.07, 6.45) is 2.87. The van der Waals surface area contributed by atoms with Crippen molar-refractivity contribution in [3.05, 3.63) is 54.2 Å². The van der Waals surface area contributed by atoms with E-state index in [-0.39, 0.29) is 0 Å². The van der Waals surface area contributed by atoms with Crippen molar-refractivity contribution in [1.82, 2.24) is 10.3 Å². The van der Waals surface area contributed by atoms with Crippen LogP contribution in [-0.2, 0) is 0 Å². The third kappa shape index (κ3) is 4.02. The Morgan fingerprint density at radius 1 is 1.13 bits per heavy atom. The van der Waals surface area contributed by atoms with Gasteiger partial charge in [0.15, 0.2) is 5.75 Å². The van der Waals surface area contributed by atoms with Gasteiger partial charge in [0.2, 0.25) is 0 Å². The van der Waals surface area contributed by atoms with Gasteiger partial charge in [0, 0.05) is 18.7 Å². The Morgan fingerprint density at radius 2 is 2.00 bits per heavy atom. The molecule has 1 N–H and O–H groups in total. The van der Waals surface area contributed by atoms with Gasteiger partial charge in [-0.25, -0.2) is 4.98 Å². The monoisotopic (exact) mass is 312 g/mol. The van der Waals surface area contributed by atoms with Crippen molar-refractivity contribution in [3.63, 3.8) is 0 Å². The number of rotatable bonds is 6. The van der Waals surface area contributed by atoms with E-state index in [4.69, 9.17) is 9.47 Å². The molecule has 4 heteroatoms. The molecule has 1 aliphatic heterocycles. The van der Waals surface area contributed by atoms with Crippen LogP contribution in [0.4, 0.5) is 0 Å². The average molecular weight is 312 g/mol. The zero-order valence-electron chi connectivity index (χ0n) is 13.6. The van der Waals surface area contributed by atoms with Crippen LogP contribution in [0, 0.1) is 5.92 Å². The van der Waals surface area contributed by atoms with E-state index in [1.54, 1.807) is 6.20 Å². The van der Waals surface area contributed by atoms with Gasteiger partial charge in [0.1, 0.15) is 0 Å². The molecular formula is C19H24N2O2. The summed E-state index contributed by atoms with van der Waals surface area (Å²) >= 11 is 0. The fraction of sp³-hybridized carbons (Fsp3) is 0.421. The largest absolute Gasteiger partial charge is 0.488 e. The number of hydrogen-bond donors (Lipinski definition) is 1. The summed E-state index contributed by atoms with van der Waals surface area (Å²) in [6.45, 7) is 5.25. The Kier molecular flexibility index (Phi) is 5.48. The minimum atomic E-state index is 0.445. The minimum Gasteiger partial charge on any atom is -0.488 e. The first kappa shape index (κ1) is 15.8. The lowest BCUT2D eigenvalue weighted by Gasteiger charge is -2.32. The summed E-state index contributed by atoms with van der Waals surface area (Å²) in [5.41, 5.74) is 1.40. The van der Waals surface area contributed by atoms with E-state index < -0.39 is 0 Å². The van der Waals surface area contributed by atoms with Crippen LogP contribution in [0.25, 0.3) is 0 Å². The highest BCUT2D eigenvalue weighted by Crippen LogP contribution is 2.32. The van der Waals surface area contributed by atoms with Gasteiger partial charge < -0.3 is 14.8 Å². The lowest BCUT2D eigenvalue weighted by molar-refractivity contribution is 0.187. The van der Waals surface area contributed by atoms with Gasteiger partial charge in [-0.1, -0.05) is 30.3 Å². The maximum Gasteiger partial charge on any atom is 0.256 e. The number of hydrogen-bond acceptors (Lipinski definition) is 4. The lowest BCUT2D eigenvalue weighted by Crippen LogP contribution is -2.38. The van der Waals surface area contributed by atoms with E-state index in [2.05, 4.69) is 40.6 Å². The normalized spacial score (nSPS) is 20.9. The van der Waals surface area contributed by atoms with E-state index in [9.17, 15) is 0 Å². The first-order valence-corrected chi connectivity index (χ1v) is 8.34. The molecule has 2 aromatic rings. The highest BCUT2D eigenvalue weighted by molar-refractivity contribution is 5.32. The van der Waals surface area contributed by atoms with Gasteiger partial charge in [0.05, 0.1) is 13.2 Å².